The first-order valence-corrected chi connectivity index (χ1v) is 6.59. The molecule has 1 aromatic carbocycles. The first-order chi connectivity index (χ1) is 8.97. The second-order valence-electron chi connectivity index (χ2n) is 3.77. The predicted molar refractivity (Wildman–Crippen MR) is 88.3 cm³/mol. The fourth-order valence-corrected chi connectivity index (χ4v) is 2.12. The van der Waals surface area contributed by atoms with Crippen LogP contribution in [0.25, 0.3) is 0 Å². The van der Waals surface area contributed by atoms with Gasteiger partial charge in [0.2, 0.25) is 0 Å². The van der Waals surface area contributed by atoms with Gasteiger partial charge in [-0.05, 0) is 32.1 Å². The van der Waals surface area contributed by atoms with Gasteiger partial charge >= 0.3 is 0 Å². The van der Waals surface area contributed by atoms with E-state index in [9.17, 15) is 0 Å². The van der Waals surface area contributed by atoms with Gasteiger partial charge in [-0.3, -0.25) is 0 Å². The molecule has 6 heteroatoms. The number of rotatable bonds is 3. The van der Waals surface area contributed by atoms with Crippen LogP contribution in [-0.2, 0) is 0 Å². The summed E-state index contributed by atoms with van der Waals surface area (Å²) in [5.41, 5.74) is 13.6. The Morgan fingerprint density at radius 2 is 2.00 bits per heavy atom. The lowest BCUT2D eigenvalue weighted by Crippen LogP contribution is -2.30. The summed E-state index contributed by atoms with van der Waals surface area (Å²) in [6.45, 7) is 3.83. The average molecular weight is 294 g/mol. The molecule has 0 fully saturated rings. The fraction of sp³-hybridized carbons (Fsp3) is 0.154. The molecule has 0 aliphatic heterocycles. The Kier molecular flexibility index (Phi) is 5.85. The molecule has 0 aliphatic carbocycles. The Balaban J connectivity index is 3.03. The van der Waals surface area contributed by atoms with Crippen LogP contribution in [0.5, 0.6) is 0 Å². The summed E-state index contributed by atoms with van der Waals surface area (Å²) >= 11 is 8.54. The van der Waals surface area contributed by atoms with E-state index in [2.05, 4.69) is 35.6 Å². The predicted octanol–water partition coefficient (Wildman–Crippen LogP) is 2.86. The van der Waals surface area contributed by atoms with E-state index in [0.717, 1.165) is 10.6 Å². The summed E-state index contributed by atoms with van der Waals surface area (Å²) in [5.74, 6) is 0.250. The SMILES string of the molecule is C/C=C\C(=C/C)NC(N)=Nc1c(N)cc(S)cc1S. The number of allylic oxidation sites excluding steroid dienone is 3. The van der Waals surface area contributed by atoms with Crippen molar-refractivity contribution in [3.8, 4) is 0 Å². The van der Waals surface area contributed by atoms with Crippen LogP contribution in [0, 0.1) is 0 Å². The van der Waals surface area contributed by atoms with Crippen molar-refractivity contribution in [3.63, 3.8) is 0 Å². The Morgan fingerprint density at radius 1 is 1.32 bits per heavy atom. The molecule has 5 N–H and O–H groups in total. The van der Waals surface area contributed by atoms with E-state index < -0.39 is 0 Å². The molecule has 0 bridgehead atoms. The highest BCUT2D eigenvalue weighted by Gasteiger charge is 2.05. The molecule has 0 unspecified atom stereocenters. The van der Waals surface area contributed by atoms with Crippen LogP contribution in [0.1, 0.15) is 13.8 Å². The molecule has 1 rings (SSSR count). The number of nitrogen functional groups attached to an aromatic ring is 1. The number of nitrogens with one attached hydrogen (secondary N) is 1. The number of thiol groups is 2. The monoisotopic (exact) mass is 294 g/mol. The number of nitrogens with zero attached hydrogens (tertiary/aromatic N) is 1. The van der Waals surface area contributed by atoms with Crippen LogP contribution >= 0.6 is 25.3 Å². The van der Waals surface area contributed by atoms with Gasteiger partial charge in [0.1, 0.15) is 5.69 Å². The average Bonchev–Trinajstić information content (AvgIpc) is 2.33. The first-order valence-electron chi connectivity index (χ1n) is 5.69. The summed E-state index contributed by atoms with van der Waals surface area (Å²) in [5, 5.41) is 2.98. The van der Waals surface area contributed by atoms with E-state index in [1.165, 1.54) is 0 Å². The highest BCUT2D eigenvalue weighted by Crippen LogP contribution is 2.32. The molecule has 0 spiro atoms. The molecule has 102 valence electrons. The van der Waals surface area contributed by atoms with E-state index in [-0.39, 0.29) is 5.96 Å². The lowest BCUT2D eigenvalue weighted by atomic mass is 10.3. The van der Waals surface area contributed by atoms with Crippen LogP contribution in [0.15, 0.2) is 50.8 Å². The molecule has 1 aromatic rings. The van der Waals surface area contributed by atoms with Gasteiger partial charge < -0.3 is 16.8 Å². The standard InChI is InChI=1S/C13H18N4S2/c1-3-5-8(4-2)16-13(15)17-12-10(14)6-9(18)7-11(12)19/h3-7,18-19H,14H2,1-2H3,(H3,15,16,17)/b5-3-,8-4+. The van der Waals surface area contributed by atoms with Crippen LogP contribution < -0.4 is 16.8 Å². The van der Waals surface area contributed by atoms with Crippen molar-refractivity contribution in [1.82, 2.24) is 5.32 Å². The summed E-state index contributed by atoms with van der Waals surface area (Å²) in [6.07, 6.45) is 5.69. The molecule has 19 heavy (non-hydrogen) atoms. The molecular formula is C13H18N4S2. The van der Waals surface area contributed by atoms with Crippen molar-refractivity contribution >= 4 is 42.6 Å². The number of guanidine groups is 1. The van der Waals surface area contributed by atoms with E-state index in [1.54, 1.807) is 12.1 Å². The number of hydrogen-bond donors (Lipinski definition) is 5. The molecule has 0 aliphatic rings. The number of anilines is 1. The van der Waals surface area contributed by atoms with Gasteiger partial charge in [0.25, 0.3) is 0 Å². The van der Waals surface area contributed by atoms with Crippen molar-refractivity contribution in [3.05, 3.63) is 36.1 Å². The summed E-state index contributed by atoms with van der Waals surface area (Å²) in [6, 6.07) is 3.47. The Morgan fingerprint density at radius 3 is 2.53 bits per heavy atom. The topological polar surface area (TPSA) is 76.4 Å². The van der Waals surface area contributed by atoms with E-state index in [0.29, 0.717) is 16.3 Å². The van der Waals surface area contributed by atoms with Crippen molar-refractivity contribution in [1.29, 1.82) is 0 Å². The third-order valence-corrected chi connectivity index (χ3v) is 2.87. The van der Waals surface area contributed by atoms with E-state index in [4.69, 9.17) is 11.5 Å². The molecule has 0 saturated carbocycles. The maximum Gasteiger partial charge on any atom is 0.198 e. The zero-order valence-corrected chi connectivity index (χ0v) is 12.7. The van der Waals surface area contributed by atoms with Gasteiger partial charge in [-0.2, -0.15) is 0 Å². The van der Waals surface area contributed by atoms with Gasteiger partial charge in [0.05, 0.1) is 5.69 Å². The van der Waals surface area contributed by atoms with Gasteiger partial charge in [-0.25, -0.2) is 4.99 Å². The van der Waals surface area contributed by atoms with E-state index >= 15 is 0 Å². The van der Waals surface area contributed by atoms with Crippen molar-refractivity contribution in [2.24, 2.45) is 10.7 Å². The molecular weight excluding hydrogens is 276 g/mol. The third kappa shape index (κ3) is 4.57. The maximum atomic E-state index is 5.88. The Hall–Kier alpha value is -1.53. The van der Waals surface area contributed by atoms with Gasteiger partial charge in [-0.15, -0.1) is 25.3 Å². The largest absolute Gasteiger partial charge is 0.397 e. The van der Waals surface area contributed by atoms with Gasteiger partial charge in [-0.1, -0.05) is 12.2 Å². The fourth-order valence-electron chi connectivity index (χ4n) is 1.43. The molecule has 0 heterocycles. The third-order valence-electron chi connectivity index (χ3n) is 2.27. The molecule has 0 amide bonds. The quantitative estimate of drug-likeness (QED) is 0.196. The van der Waals surface area contributed by atoms with Gasteiger partial charge in [0.15, 0.2) is 5.96 Å². The van der Waals surface area contributed by atoms with Crippen LogP contribution in [-0.4, -0.2) is 5.96 Å². The zero-order chi connectivity index (χ0) is 14.4. The number of aliphatic imine (C=N–C) groups is 1. The molecule has 0 radical (unpaired) electrons. The number of hydrogen-bond acceptors (Lipinski definition) is 4. The lowest BCUT2D eigenvalue weighted by Gasteiger charge is -2.09. The second-order valence-corrected chi connectivity index (χ2v) is 4.77. The smallest absolute Gasteiger partial charge is 0.198 e. The Labute approximate surface area is 124 Å². The van der Waals surface area contributed by atoms with Crippen LogP contribution in [0.4, 0.5) is 11.4 Å². The summed E-state index contributed by atoms with van der Waals surface area (Å²) in [4.78, 5) is 5.60. The minimum Gasteiger partial charge on any atom is -0.397 e. The number of benzene rings is 1. The van der Waals surface area contributed by atoms with E-state index in [1.807, 2.05) is 32.1 Å². The molecule has 0 atom stereocenters. The minimum atomic E-state index is 0.250. The maximum absolute atomic E-state index is 5.88. The van der Waals surface area contributed by atoms with Crippen molar-refractivity contribution in [2.75, 3.05) is 5.73 Å². The normalized spacial score (nSPS) is 13.1. The lowest BCUT2D eigenvalue weighted by molar-refractivity contribution is 1.13. The number of nitrogens with two attached hydrogens (primary N) is 2. The summed E-state index contributed by atoms with van der Waals surface area (Å²) in [7, 11) is 0. The van der Waals surface area contributed by atoms with Gasteiger partial charge in [0, 0.05) is 15.5 Å². The minimum absolute atomic E-state index is 0.250. The van der Waals surface area contributed by atoms with Crippen LogP contribution in [0.2, 0.25) is 0 Å². The summed E-state index contributed by atoms with van der Waals surface area (Å²) < 4.78 is 0. The molecule has 4 nitrogen and oxygen atoms in total. The van der Waals surface area contributed by atoms with Crippen LogP contribution in [0.3, 0.4) is 0 Å². The zero-order valence-electron chi connectivity index (χ0n) is 10.9. The molecule has 0 aromatic heterocycles. The van der Waals surface area contributed by atoms with Crippen molar-refractivity contribution < 1.29 is 0 Å². The highest BCUT2D eigenvalue weighted by molar-refractivity contribution is 7.81. The van der Waals surface area contributed by atoms with Crippen molar-refractivity contribution in [2.45, 2.75) is 23.6 Å². The second kappa shape index (κ2) is 7.16. The molecule has 0 saturated heterocycles. The Bertz CT molecular complexity index is 525. The highest BCUT2D eigenvalue weighted by atomic mass is 32.1. The first kappa shape index (κ1) is 15.5.